The highest BCUT2D eigenvalue weighted by Crippen LogP contribution is 2.20. The van der Waals surface area contributed by atoms with Gasteiger partial charge in [-0.25, -0.2) is 4.79 Å². The summed E-state index contributed by atoms with van der Waals surface area (Å²) in [5.74, 6) is -0.870. The highest BCUT2D eigenvalue weighted by molar-refractivity contribution is 6.08. The lowest BCUT2D eigenvalue weighted by molar-refractivity contribution is -0.136. The van der Waals surface area contributed by atoms with E-state index in [1.54, 1.807) is 6.92 Å². The van der Waals surface area contributed by atoms with E-state index in [0.29, 0.717) is 25.2 Å². The van der Waals surface area contributed by atoms with Gasteiger partial charge in [-0.05, 0) is 27.2 Å². The molecule has 0 aromatic carbocycles. The molecule has 0 aromatic heterocycles. The van der Waals surface area contributed by atoms with Crippen LogP contribution in [0.5, 0.6) is 0 Å². The van der Waals surface area contributed by atoms with Crippen LogP contribution < -0.4 is 0 Å². The number of carboxylic acids is 1. The van der Waals surface area contributed by atoms with Gasteiger partial charge in [0.2, 0.25) is 0 Å². The maximum Gasteiger partial charge on any atom is 0.331 e. The summed E-state index contributed by atoms with van der Waals surface area (Å²) in [5, 5.41) is 9.07. The summed E-state index contributed by atoms with van der Waals surface area (Å²) in [6.45, 7) is 6.56. The third-order valence-electron chi connectivity index (χ3n) is 2.62. The number of hydrogen-bond donors (Lipinski definition) is 1. The van der Waals surface area contributed by atoms with Gasteiger partial charge in [0.15, 0.2) is 6.29 Å². The molecule has 0 spiro atoms. The molecule has 0 aliphatic heterocycles. The van der Waals surface area contributed by atoms with E-state index in [2.05, 4.69) is 10.2 Å². The summed E-state index contributed by atoms with van der Waals surface area (Å²) < 4.78 is 10.9. The van der Waals surface area contributed by atoms with Gasteiger partial charge in [0.05, 0.1) is 0 Å². The van der Waals surface area contributed by atoms with E-state index in [9.17, 15) is 4.79 Å². The molecule has 0 fully saturated rings. The highest BCUT2D eigenvalue weighted by atomic mass is 28.1. The first-order valence-electron chi connectivity index (χ1n) is 6.36. The molecule has 0 rings (SSSR count). The van der Waals surface area contributed by atoms with Crippen LogP contribution in [-0.2, 0) is 14.3 Å². The molecule has 0 saturated carbocycles. The number of carboxylic acid groups (broad SMARTS) is 1. The van der Waals surface area contributed by atoms with Crippen molar-refractivity contribution >= 4 is 16.2 Å². The van der Waals surface area contributed by atoms with E-state index in [1.807, 2.05) is 13.8 Å². The van der Waals surface area contributed by atoms with Crippen molar-refractivity contribution in [3.63, 3.8) is 0 Å². The van der Waals surface area contributed by atoms with Crippen LogP contribution in [-0.4, -0.2) is 40.8 Å². The minimum absolute atomic E-state index is 0.348. The standard InChI is InChI=1S/C13H23O4Si/c1-4-16-12(17-5-2)9-11(7-6-8-18)10(3)13(14)15/h12H,4-9H2,1-3H3,(H,14,15). The van der Waals surface area contributed by atoms with Gasteiger partial charge in [-0.1, -0.05) is 18.0 Å². The second-order valence-electron chi connectivity index (χ2n) is 3.93. The van der Waals surface area contributed by atoms with Crippen LogP contribution in [0.2, 0.25) is 6.04 Å². The minimum Gasteiger partial charge on any atom is -0.478 e. The van der Waals surface area contributed by atoms with Gasteiger partial charge in [0, 0.05) is 35.5 Å². The molecule has 0 atom stereocenters. The molecule has 0 amide bonds. The number of carbonyl (C=O) groups is 1. The highest BCUT2D eigenvalue weighted by Gasteiger charge is 2.15. The Hall–Kier alpha value is -0.653. The molecule has 0 aliphatic carbocycles. The summed E-state index contributed by atoms with van der Waals surface area (Å²) in [6.07, 6.45) is 1.82. The third-order valence-corrected chi connectivity index (χ3v) is 2.98. The normalized spacial score (nSPS) is 12.7. The maximum atomic E-state index is 11.0. The van der Waals surface area contributed by atoms with Crippen LogP contribution in [0.3, 0.4) is 0 Å². The van der Waals surface area contributed by atoms with Gasteiger partial charge in [-0.15, -0.1) is 0 Å². The first-order valence-corrected chi connectivity index (χ1v) is 7.07. The Bertz CT molecular complexity index is 270. The van der Waals surface area contributed by atoms with Crippen LogP contribution in [0, 0.1) is 0 Å². The molecular weight excluding hydrogens is 248 g/mol. The predicted octanol–water partition coefficient (Wildman–Crippen LogP) is 2.54. The van der Waals surface area contributed by atoms with Crippen molar-refractivity contribution in [2.45, 2.75) is 52.4 Å². The molecule has 1 N–H and O–H groups in total. The van der Waals surface area contributed by atoms with E-state index in [-0.39, 0.29) is 6.29 Å². The van der Waals surface area contributed by atoms with E-state index >= 15 is 0 Å². The molecule has 103 valence electrons. The quantitative estimate of drug-likeness (QED) is 0.377. The van der Waals surface area contributed by atoms with Crippen LogP contribution in [0.4, 0.5) is 0 Å². The van der Waals surface area contributed by atoms with Crippen molar-refractivity contribution in [3.8, 4) is 0 Å². The molecular formula is C13H23O4Si. The van der Waals surface area contributed by atoms with E-state index in [0.717, 1.165) is 24.5 Å². The summed E-state index contributed by atoms with van der Waals surface area (Å²) in [4.78, 5) is 11.0. The van der Waals surface area contributed by atoms with Crippen molar-refractivity contribution in [1.29, 1.82) is 0 Å². The number of hydrogen-bond acceptors (Lipinski definition) is 3. The van der Waals surface area contributed by atoms with Gasteiger partial charge in [-0.2, -0.15) is 0 Å². The lowest BCUT2D eigenvalue weighted by Gasteiger charge is -2.19. The minimum atomic E-state index is -0.870. The second-order valence-corrected chi connectivity index (χ2v) is 4.43. The van der Waals surface area contributed by atoms with Crippen LogP contribution in [0.15, 0.2) is 11.1 Å². The number of rotatable bonds is 10. The molecule has 0 aromatic rings. The summed E-state index contributed by atoms with van der Waals surface area (Å²) >= 11 is 0. The fraction of sp³-hybridized carbons (Fsp3) is 0.769. The van der Waals surface area contributed by atoms with E-state index < -0.39 is 5.97 Å². The van der Waals surface area contributed by atoms with Crippen molar-refractivity contribution in [2.75, 3.05) is 13.2 Å². The van der Waals surface area contributed by atoms with Crippen molar-refractivity contribution in [2.24, 2.45) is 0 Å². The van der Waals surface area contributed by atoms with Gasteiger partial charge < -0.3 is 14.6 Å². The Kier molecular flexibility index (Phi) is 9.91. The first kappa shape index (κ1) is 17.3. The van der Waals surface area contributed by atoms with Crippen molar-refractivity contribution in [1.82, 2.24) is 0 Å². The molecule has 4 nitrogen and oxygen atoms in total. The Labute approximate surface area is 113 Å². The Morgan fingerprint density at radius 3 is 2.22 bits per heavy atom. The maximum absolute atomic E-state index is 11.0. The zero-order valence-corrected chi connectivity index (χ0v) is 12.5. The number of aliphatic carboxylic acids is 1. The molecule has 0 bridgehead atoms. The monoisotopic (exact) mass is 271 g/mol. The fourth-order valence-electron chi connectivity index (χ4n) is 1.63. The smallest absolute Gasteiger partial charge is 0.331 e. The summed E-state index contributed by atoms with van der Waals surface area (Å²) in [7, 11) is 3.41. The molecule has 3 radical (unpaired) electrons. The van der Waals surface area contributed by atoms with Crippen molar-refractivity contribution < 1.29 is 19.4 Å². The van der Waals surface area contributed by atoms with Crippen LogP contribution in [0.1, 0.15) is 40.0 Å². The van der Waals surface area contributed by atoms with Gasteiger partial charge in [0.1, 0.15) is 0 Å². The first-order chi connectivity index (χ1) is 8.56. The lowest BCUT2D eigenvalue weighted by atomic mass is 10.0. The largest absolute Gasteiger partial charge is 0.478 e. The molecule has 18 heavy (non-hydrogen) atoms. The number of ether oxygens (including phenoxy) is 2. The average Bonchev–Trinajstić information content (AvgIpc) is 2.33. The Morgan fingerprint density at radius 1 is 1.28 bits per heavy atom. The molecule has 0 saturated heterocycles. The Balaban J connectivity index is 4.74. The van der Waals surface area contributed by atoms with Gasteiger partial charge >= 0.3 is 5.97 Å². The molecule has 5 heteroatoms. The van der Waals surface area contributed by atoms with E-state index in [4.69, 9.17) is 14.6 Å². The van der Waals surface area contributed by atoms with Crippen LogP contribution in [0.25, 0.3) is 0 Å². The van der Waals surface area contributed by atoms with Gasteiger partial charge in [-0.3, -0.25) is 0 Å². The predicted molar refractivity (Wildman–Crippen MR) is 71.8 cm³/mol. The topological polar surface area (TPSA) is 55.8 Å². The Morgan fingerprint density at radius 2 is 1.83 bits per heavy atom. The molecule has 0 aliphatic rings. The van der Waals surface area contributed by atoms with E-state index in [1.165, 1.54) is 0 Å². The van der Waals surface area contributed by atoms with Gasteiger partial charge in [0.25, 0.3) is 0 Å². The molecule has 0 heterocycles. The summed E-state index contributed by atoms with van der Waals surface area (Å²) in [6, 6.07) is 0.852. The SMILES string of the molecule is CCOC(CC(CCC[Si])=C(C)C(=O)O)OCC. The van der Waals surface area contributed by atoms with Crippen LogP contribution >= 0.6 is 0 Å². The summed E-state index contributed by atoms with van der Waals surface area (Å²) in [5.41, 5.74) is 1.30. The zero-order chi connectivity index (χ0) is 14.0. The zero-order valence-electron chi connectivity index (χ0n) is 11.5. The average molecular weight is 271 g/mol. The second kappa shape index (κ2) is 10.3. The molecule has 0 unspecified atom stereocenters. The fourth-order valence-corrected chi connectivity index (χ4v) is 1.81. The van der Waals surface area contributed by atoms with Crippen molar-refractivity contribution in [3.05, 3.63) is 11.1 Å². The lowest BCUT2D eigenvalue weighted by Crippen LogP contribution is -2.19. The third kappa shape index (κ3) is 6.93.